The Bertz CT molecular complexity index is 444. The Hall–Kier alpha value is -1.55. The molecule has 1 amide bonds. The standard InChI is InChI=1S/C16H26N2O2/c1-5-10-18(12-16(2,3)11-17)15(19)13-8-6-7-9-14(13)20-4/h6-9H,5,10-12,17H2,1-4H3. The summed E-state index contributed by atoms with van der Waals surface area (Å²) in [7, 11) is 1.58. The first-order valence-corrected chi connectivity index (χ1v) is 7.07. The van der Waals surface area contributed by atoms with Crippen molar-refractivity contribution in [1.29, 1.82) is 0 Å². The Labute approximate surface area is 121 Å². The quantitative estimate of drug-likeness (QED) is 0.834. The third-order valence-electron chi connectivity index (χ3n) is 3.29. The van der Waals surface area contributed by atoms with E-state index in [1.165, 1.54) is 0 Å². The summed E-state index contributed by atoms with van der Waals surface area (Å²) in [5.74, 6) is 0.620. The zero-order valence-corrected chi connectivity index (χ0v) is 13.0. The number of carbonyl (C=O) groups is 1. The van der Waals surface area contributed by atoms with Gasteiger partial charge in [0.15, 0.2) is 0 Å². The first-order valence-electron chi connectivity index (χ1n) is 7.07. The van der Waals surface area contributed by atoms with Crippen LogP contribution in [0.15, 0.2) is 24.3 Å². The second-order valence-electron chi connectivity index (χ2n) is 5.80. The van der Waals surface area contributed by atoms with E-state index in [1.807, 2.05) is 23.1 Å². The van der Waals surface area contributed by atoms with E-state index in [2.05, 4.69) is 20.8 Å². The molecule has 1 rings (SSSR count). The van der Waals surface area contributed by atoms with Gasteiger partial charge in [0, 0.05) is 13.1 Å². The lowest BCUT2D eigenvalue weighted by Crippen LogP contribution is -2.42. The first-order chi connectivity index (χ1) is 9.45. The number of methoxy groups -OCH3 is 1. The van der Waals surface area contributed by atoms with Crippen LogP contribution < -0.4 is 10.5 Å². The second-order valence-corrected chi connectivity index (χ2v) is 5.80. The van der Waals surface area contributed by atoms with Crippen molar-refractivity contribution in [2.24, 2.45) is 11.1 Å². The summed E-state index contributed by atoms with van der Waals surface area (Å²) in [5.41, 5.74) is 6.30. The van der Waals surface area contributed by atoms with Crippen LogP contribution >= 0.6 is 0 Å². The fourth-order valence-electron chi connectivity index (χ4n) is 2.10. The maximum absolute atomic E-state index is 12.7. The highest BCUT2D eigenvalue weighted by Gasteiger charge is 2.25. The van der Waals surface area contributed by atoms with Gasteiger partial charge in [0.1, 0.15) is 5.75 Å². The molecular formula is C16H26N2O2. The highest BCUT2D eigenvalue weighted by Crippen LogP contribution is 2.22. The molecular weight excluding hydrogens is 252 g/mol. The van der Waals surface area contributed by atoms with Gasteiger partial charge in [-0.2, -0.15) is 0 Å². The fourth-order valence-corrected chi connectivity index (χ4v) is 2.10. The number of amides is 1. The first kappa shape index (κ1) is 16.5. The highest BCUT2D eigenvalue weighted by molar-refractivity contribution is 5.97. The Kier molecular flexibility index (Phi) is 6.02. The van der Waals surface area contributed by atoms with Gasteiger partial charge in [0.25, 0.3) is 5.91 Å². The van der Waals surface area contributed by atoms with Crippen LogP contribution in [-0.2, 0) is 0 Å². The van der Waals surface area contributed by atoms with E-state index in [4.69, 9.17) is 10.5 Å². The predicted molar refractivity (Wildman–Crippen MR) is 82.0 cm³/mol. The van der Waals surface area contributed by atoms with Crippen molar-refractivity contribution in [3.63, 3.8) is 0 Å². The van der Waals surface area contributed by atoms with Gasteiger partial charge in [-0.15, -0.1) is 0 Å². The number of nitrogens with two attached hydrogens (primary N) is 1. The lowest BCUT2D eigenvalue weighted by atomic mass is 9.92. The van der Waals surface area contributed by atoms with E-state index >= 15 is 0 Å². The van der Waals surface area contributed by atoms with Gasteiger partial charge in [0.2, 0.25) is 0 Å². The monoisotopic (exact) mass is 278 g/mol. The molecule has 0 aliphatic rings. The van der Waals surface area contributed by atoms with Crippen molar-refractivity contribution in [1.82, 2.24) is 4.90 Å². The topological polar surface area (TPSA) is 55.6 Å². The van der Waals surface area contributed by atoms with Crippen molar-refractivity contribution in [2.45, 2.75) is 27.2 Å². The van der Waals surface area contributed by atoms with Crippen molar-refractivity contribution in [3.05, 3.63) is 29.8 Å². The van der Waals surface area contributed by atoms with E-state index in [0.717, 1.165) is 13.0 Å². The Morgan fingerprint density at radius 1 is 1.35 bits per heavy atom. The molecule has 0 fully saturated rings. The smallest absolute Gasteiger partial charge is 0.257 e. The van der Waals surface area contributed by atoms with Crippen LogP contribution in [0.1, 0.15) is 37.6 Å². The van der Waals surface area contributed by atoms with E-state index in [9.17, 15) is 4.79 Å². The molecule has 0 aliphatic heterocycles. The largest absolute Gasteiger partial charge is 0.496 e. The van der Waals surface area contributed by atoms with Gasteiger partial charge in [0.05, 0.1) is 12.7 Å². The van der Waals surface area contributed by atoms with E-state index < -0.39 is 0 Å². The number of rotatable bonds is 7. The molecule has 1 aromatic rings. The predicted octanol–water partition coefficient (Wildman–Crippen LogP) is 2.53. The summed E-state index contributed by atoms with van der Waals surface area (Å²) in [6, 6.07) is 7.34. The van der Waals surface area contributed by atoms with Gasteiger partial charge in [-0.25, -0.2) is 0 Å². The molecule has 0 saturated heterocycles. The number of nitrogens with zero attached hydrogens (tertiary/aromatic N) is 1. The zero-order chi connectivity index (χ0) is 15.2. The Morgan fingerprint density at radius 3 is 2.55 bits per heavy atom. The van der Waals surface area contributed by atoms with Crippen LogP contribution in [0.3, 0.4) is 0 Å². The van der Waals surface area contributed by atoms with Gasteiger partial charge < -0.3 is 15.4 Å². The molecule has 1 aromatic carbocycles. The molecule has 0 atom stereocenters. The molecule has 0 aliphatic carbocycles. The number of para-hydroxylation sites is 1. The molecule has 0 aromatic heterocycles. The van der Waals surface area contributed by atoms with Crippen LogP contribution in [0.2, 0.25) is 0 Å². The molecule has 2 N–H and O–H groups in total. The van der Waals surface area contributed by atoms with Crippen molar-refractivity contribution in [3.8, 4) is 5.75 Å². The van der Waals surface area contributed by atoms with Crippen LogP contribution in [-0.4, -0.2) is 37.6 Å². The Morgan fingerprint density at radius 2 is 2.00 bits per heavy atom. The lowest BCUT2D eigenvalue weighted by molar-refractivity contribution is 0.0686. The molecule has 0 heterocycles. The maximum atomic E-state index is 12.7. The number of hydrogen-bond donors (Lipinski definition) is 1. The third kappa shape index (κ3) is 4.23. The number of hydrogen-bond acceptors (Lipinski definition) is 3. The van der Waals surface area contributed by atoms with Crippen molar-refractivity contribution < 1.29 is 9.53 Å². The number of carbonyl (C=O) groups excluding carboxylic acids is 1. The fraction of sp³-hybridized carbons (Fsp3) is 0.562. The average molecular weight is 278 g/mol. The molecule has 20 heavy (non-hydrogen) atoms. The van der Waals surface area contributed by atoms with Crippen molar-refractivity contribution in [2.75, 3.05) is 26.7 Å². The summed E-state index contributed by atoms with van der Waals surface area (Å²) < 4.78 is 5.28. The third-order valence-corrected chi connectivity index (χ3v) is 3.29. The molecule has 4 heteroatoms. The SMILES string of the molecule is CCCN(CC(C)(C)CN)C(=O)c1ccccc1OC. The van der Waals surface area contributed by atoms with E-state index in [0.29, 0.717) is 24.4 Å². The van der Waals surface area contributed by atoms with Crippen LogP contribution in [0.5, 0.6) is 5.75 Å². The van der Waals surface area contributed by atoms with Gasteiger partial charge >= 0.3 is 0 Å². The summed E-state index contributed by atoms with van der Waals surface area (Å²) in [4.78, 5) is 14.6. The molecule has 0 saturated carbocycles. The zero-order valence-electron chi connectivity index (χ0n) is 13.0. The van der Waals surface area contributed by atoms with Gasteiger partial charge in [-0.05, 0) is 30.5 Å². The van der Waals surface area contributed by atoms with Gasteiger partial charge in [-0.3, -0.25) is 4.79 Å². The van der Waals surface area contributed by atoms with E-state index in [1.54, 1.807) is 13.2 Å². The highest BCUT2D eigenvalue weighted by atomic mass is 16.5. The summed E-state index contributed by atoms with van der Waals surface area (Å²) >= 11 is 0. The minimum absolute atomic E-state index is 0.00539. The van der Waals surface area contributed by atoms with Crippen LogP contribution in [0.4, 0.5) is 0 Å². The minimum Gasteiger partial charge on any atom is -0.496 e. The molecule has 112 valence electrons. The summed E-state index contributed by atoms with van der Waals surface area (Å²) in [6.07, 6.45) is 0.918. The summed E-state index contributed by atoms with van der Waals surface area (Å²) in [6.45, 7) is 8.13. The van der Waals surface area contributed by atoms with Crippen LogP contribution in [0.25, 0.3) is 0 Å². The molecule has 4 nitrogen and oxygen atoms in total. The maximum Gasteiger partial charge on any atom is 0.257 e. The van der Waals surface area contributed by atoms with E-state index in [-0.39, 0.29) is 11.3 Å². The second kappa shape index (κ2) is 7.29. The summed E-state index contributed by atoms with van der Waals surface area (Å²) in [5, 5.41) is 0. The van der Waals surface area contributed by atoms with Crippen molar-refractivity contribution >= 4 is 5.91 Å². The molecule has 0 radical (unpaired) electrons. The lowest BCUT2D eigenvalue weighted by Gasteiger charge is -2.32. The minimum atomic E-state index is -0.0904. The molecule has 0 spiro atoms. The molecule has 0 unspecified atom stereocenters. The number of benzene rings is 1. The Balaban J connectivity index is 2.99. The normalized spacial score (nSPS) is 11.2. The average Bonchev–Trinajstić information content (AvgIpc) is 2.46. The molecule has 0 bridgehead atoms. The van der Waals surface area contributed by atoms with Gasteiger partial charge in [-0.1, -0.05) is 32.9 Å². The van der Waals surface area contributed by atoms with Crippen LogP contribution in [0, 0.1) is 5.41 Å². The number of ether oxygens (including phenoxy) is 1.